The van der Waals surface area contributed by atoms with Crippen LogP contribution >= 0.6 is 11.8 Å². The molecule has 1 aliphatic heterocycles. The zero-order valence-corrected chi connectivity index (χ0v) is 10.8. The molecule has 0 spiro atoms. The van der Waals surface area contributed by atoms with Gasteiger partial charge in [-0.1, -0.05) is 6.92 Å². The van der Waals surface area contributed by atoms with E-state index in [2.05, 4.69) is 17.0 Å². The molecular weight excluding hydrogens is 226 g/mol. The zero-order chi connectivity index (χ0) is 11.8. The lowest BCUT2D eigenvalue weighted by Gasteiger charge is -2.31. The van der Waals surface area contributed by atoms with E-state index in [1.807, 2.05) is 0 Å². The third-order valence-corrected chi connectivity index (χ3v) is 3.97. The first-order chi connectivity index (χ1) is 7.77. The Labute approximate surface area is 101 Å². The Morgan fingerprint density at radius 3 is 3.12 bits per heavy atom. The highest BCUT2D eigenvalue weighted by Crippen LogP contribution is 2.22. The smallest absolute Gasteiger partial charge is 0.306 e. The zero-order valence-electron chi connectivity index (χ0n) is 10.0. The molecule has 1 aliphatic rings. The summed E-state index contributed by atoms with van der Waals surface area (Å²) in [5.41, 5.74) is 0. The van der Waals surface area contributed by atoms with Gasteiger partial charge in [-0.3, -0.25) is 4.79 Å². The van der Waals surface area contributed by atoms with Crippen LogP contribution in [-0.4, -0.2) is 49.9 Å². The topological polar surface area (TPSA) is 47.6 Å². The van der Waals surface area contributed by atoms with Crippen molar-refractivity contribution >= 4 is 17.7 Å². The Balaban J connectivity index is 2.24. The number of esters is 1. The summed E-state index contributed by atoms with van der Waals surface area (Å²) in [5, 5.41) is 3.93. The molecule has 2 atom stereocenters. The van der Waals surface area contributed by atoms with Gasteiger partial charge in [0, 0.05) is 23.7 Å². The van der Waals surface area contributed by atoms with Crippen LogP contribution in [0.4, 0.5) is 0 Å². The molecule has 1 fully saturated rings. The van der Waals surface area contributed by atoms with Gasteiger partial charge in [-0.05, 0) is 13.0 Å². The van der Waals surface area contributed by atoms with Gasteiger partial charge in [0.05, 0.1) is 20.1 Å². The maximum absolute atomic E-state index is 11.0. The lowest BCUT2D eigenvalue weighted by atomic mass is 10.1. The second-order valence-corrected chi connectivity index (χ2v) is 5.11. The summed E-state index contributed by atoms with van der Waals surface area (Å²) in [5.74, 6) is 0.673. The normalized spacial score (nSPS) is 25.4. The van der Waals surface area contributed by atoms with Crippen molar-refractivity contribution in [2.45, 2.75) is 31.1 Å². The van der Waals surface area contributed by atoms with Gasteiger partial charge < -0.3 is 14.8 Å². The summed E-state index contributed by atoms with van der Waals surface area (Å²) in [7, 11) is 1.43. The van der Waals surface area contributed by atoms with Crippen molar-refractivity contribution in [1.82, 2.24) is 5.32 Å². The molecule has 94 valence electrons. The molecule has 0 aromatic heterocycles. The minimum atomic E-state index is -0.135. The van der Waals surface area contributed by atoms with Gasteiger partial charge in [0.1, 0.15) is 0 Å². The largest absolute Gasteiger partial charge is 0.469 e. The van der Waals surface area contributed by atoms with Gasteiger partial charge in [0.25, 0.3) is 0 Å². The number of rotatable bonds is 6. The second-order valence-electron chi connectivity index (χ2n) is 3.76. The monoisotopic (exact) mass is 247 g/mol. The predicted molar refractivity (Wildman–Crippen MR) is 65.8 cm³/mol. The maximum atomic E-state index is 11.0. The number of thioether (sulfide) groups is 1. The summed E-state index contributed by atoms with van der Waals surface area (Å²) >= 11 is 1.80. The van der Waals surface area contributed by atoms with Crippen molar-refractivity contribution in [1.29, 1.82) is 0 Å². The van der Waals surface area contributed by atoms with Crippen LogP contribution in [0.3, 0.4) is 0 Å². The van der Waals surface area contributed by atoms with Crippen molar-refractivity contribution in [3.63, 3.8) is 0 Å². The number of methoxy groups -OCH3 is 1. The van der Waals surface area contributed by atoms with E-state index in [0.29, 0.717) is 17.7 Å². The minimum Gasteiger partial charge on any atom is -0.469 e. The van der Waals surface area contributed by atoms with Crippen LogP contribution in [-0.2, 0) is 14.3 Å². The molecule has 0 aliphatic carbocycles. The average molecular weight is 247 g/mol. The number of carbonyl (C=O) groups excluding carboxylic acids is 1. The highest BCUT2D eigenvalue weighted by Gasteiger charge is 2.25. The van der Waals surface area contributed by atoms with Crippen LogP contribution in [0.25, 0.3) is 0 Å². The SMILES string of the molecule is CCNC1CCOCC1SCCC(=O)OC. The van der Waals surface area contributed by atoms with Crippen LogP contribution in [0.15, 0.2) is 0 Å². The first kappa shape index (κ1) is 13.8. The van der Waals surface area contributed by atoms with E-state index in [9.17, 15) is 4.79 Å². The summed E-state index contributed by atoms with van der Waals surface area (Å²) in [6.07, 6.45) is 1.54. The first-order valence-electron chi connectivity index (χ1n) is 5.77. The van der Waals surface area contributed by atoms with Crippen molar-refractivity contribution in [2.75, 3.05) is 32.6 Å². The Bertz CT molecular complexity index is 211. The van der Waals surface area contributed by atoms with E-state index in [0.717, 1.165) is 31.9 Å². The molecular formula is C11H21NO3S. The Hall–Kier alpha value is -0.260. The third kappa shape index (κ3) is 4.72. The van der Waals surface area contributed by atoms with Crippen LogP contribution in [0.2, 0.25) is 0 Å². The molecule has 0 saturated carbocycles. The summed E-state index contributed by atoms with van der Waals surface area (Å²) in [6, 6.07) is 0.515. The Kier molecular flexibility index (Phi) is 6.84. The molecule has 5 heteroatoms. The van der Waals surface area contributed by atoms with Crippen LogP contribution in [0, 0.1) is 0 Å². The molecule has 0 aromatic rings. The number of carbonyl (C=O) groups is 1. The molecule has 1 N–H and O–H groups in total. The molecule has 0 amide bonds. The van der Waals surface area contributed by atoms with Crippen molar-refractivity contribution in [2.24, 2.45) is 0 Å². The fourth-order valence-electron chi connectivity index (χ4n) is 1.77. The first-order valence-corrected chi connectivity index (χ1v) is 6.82. The standard InChI is InChI=1S/C11H21NO3S/c1-3-12-9-4-6-15-8-10(9)16-7-5-11(13)14-2/h9-10,12H,3-8H2,1-2H3. The van der Waals surface area contributed by atoms with E-state index in [1.165, 1.54) is 7.11 Å². The lowest BCUT2D eigenvalue weighted by molar-refractivity contribution is -0.140. The molecule has 1 rings (SSSR count). The van der Waals surface area contributed by atoms with Crippen molar-refractivity contribution in [3.05, 3.63) is 0 Å². The minimum absolute atomic E-state index is 0.135. The molecule has 0 radical (unpaired) electrons. The van der Waals surface area contributed by atoms with E-state index in [4.69, 9.17) is 4.74 Å². The summed E-state index contributed by atoms with van der Waals surface area (Å²) < 4.78 is 10.1. The van der Waals surface area contributed by atoms with Gasteiger partial charge in [-0.2, -0.15) is 11.8 Å². The number of nitrogens with one attached hydrogen (secondary N) is 1. The quantitative estimate of drug-likeness (QED) is 0.711. The number of hydrogen-bond acceptors (Lipinski definition) is 5. The Morgan fingerprint density at radius 2 is 2.44 bits per heavy atom. The third-order valence-electron chi connectivity index (χ3n) is 2.64. The molecule has 0 bridgehead atoms. The fraction of sp³-hybridized carbons (Fsp3) is 0.909. The summed E-state index contributed by atoms with van der Waals surface area (Å²) in [6.45, 7) is 4.72. The summed E-state index contributed by atoms with van der Waals surface area (Å²) in [4.78, 5) is 11.0. The van der Waals surface area contributed by atoms with E-state index in [-0.39, 0.29) is 5.97 Å². The van der Waals surface area contributed by atoms with E-state index in [1.54, 1.807) is 11.8 Å². The highest BCUT2D eigenvalue weighted by atomic mass is 32.2. The number of ether oxygens (including phenoxy) is 2. The maximum Gasteiger partial charge on any atom is 0.306 e. The van der Waals surface area contributed by atoms with Crippen molar-refractivity contribution in [3.8, 4) is 0 Å². The Morgan fingerprint density at radius 1 is 1.62 bits per heavy atom. The van der Waals surface area contributed by atoms with E-state index >= 15 is 0 Å². The van der Waals surface area contributed by atoms with Gasteiger partial charge in [0.2, 0.25) is 0 Å². The molecule has 1 saturated heterocycles. The molecule has 2 unspecified atom stereocenters. The highest BCUT2D eigenvalue weighted by molar-refractivity contribution is 8.00. The van der Waals surface area contributed by atoms with Gasteiger partial charge in [-0.25, -0.2) is 0 Å². The average Bonchev–Trinajstić information content (AvgIpc) is 2.31. The fourth-order valence-corrected chi connectivity index (χ4v) is 3.01. The van der Waals surface area contributed by atoms with Crippen LogP contribution in [0.5, 0.6) is 0 Å². The van der Waals surface area contributed by atoms with Gasteiger partial charge in [-0.15, -0.1) is 0 Å². The van der Waals surface area contributed by atoms with Crippen LogP contribution < -0.4 is 5.32 Å². The molecule has 16 heavy (non-hydrogen) atoms. The lowest BCUT2D eigenvalue weighted by Crippen LogP contribution is -2.44. The van der Waals surface area contributed by atoms with Crippen molar-refractivity contribution < 1.29 is 14.3 Å². The molecule has 1 heterocycles. The predicted octanol–water partition coefficient (Wildman–Crippen LogP) is 1.05. The van der Waals surface area contributed by atoms with E-state index < -0.39 is 0 Å². The van der Waals surface area contributed by atoms with Crippen LogP contribution in [0.1, 0.15) is 19.8 Å². The van der Waals surface area contributed by atoms with Gasteiger partial charge >= 0.3 is 5.97 Å². The molecule has 4 nitrogen and oxygen atoms in total. The number of hydrogen-bond donors (Lipinski definition) is 1. The second kappa shape index (κ2) is 7.92. The molecule has 0 aromatic carbocycles. The van der Waals surface area contributed by atoms with Gasteiger partial charge in [0.15, 0.2) is 0 Å².